The highest BCUT2D eigenvalue weighted by molar-refractivity contribution is 6.08. The van der Waals surface area contributed by atoms with Gasteiger partial charge in [-0.05, 0) is 35.7 Å². The largest absolute Gasteiger partial charge is 0.330 e. The fourth-order valence-electron chi connectivity index (χ4n) is 4.79. The van der Waals surface area contributed by atoms with Gasteiger partial charge in [0, 0.05) is 43.9 Å². The second-order valence-electron chi connectivity index (χ2n) is 7.78. The zero-order valence-electron chi connectivity index (χ0n) is 16.4. The molecule has 150 valence electrons. The van der Waals surface area contributed by atoms with Crippen molar-refractivity contribution in [1.29, 1.82) is 0 Å². The highest BCUT2D eigenvalue weighted by Gasteiger charge is 2.59. The molecule has 2 atom stereocenters. The number of hydrogen-bond donors (Lipinski definition) is 1. The molecular formula is C23H20N4O3. The van der Waals surface area contributed by atoms with Gasteiger partial charge in [0.25, 0.3) is 5.91 Å². The van der Waals surface area contributed by atoms with Crippen molar-refractivity contribution in [3.63, 3.8) is 0 Å². The maximum absolute atomic E-state index is 13.5. The number of anilines is 1. The predicted molar refractivity (Wildman–Crippen MR) is 111 cm³/mol. The third-order valence-corrected chi connectivity index (χ3v) is 6.18. The average molecular weight is 400 g/mol. The lowest BCUT2D eigenvalue weighted by Crippen LogP contribution is -2.42. The van der Waals surface area contributed by atoms with Crippen LogP contribution in [0.2, 0.25) is 0 Å². The summed E-state index contributed by atoms with van der Waals surface area (Å²) in [6, 6.07) is 13.8. The molecule has 1 saturated heterocycles. The number of carbonyl (C=O) groups is 2. The summed E-state index contributed by atoms with van der Waals surface area (Å²) < 4.78 is 1.38. The minimum atomic E-state index is -0.879. The van der Waals surface area contributed by atoms with E-state index in [-0.39, 0.29) is 17.4 Å². The molecule has 2 amide bonds. The van der Waals surface area contributed by atoms with Crippen molar-refractivity contribution >= 4 is 17.5 Å². The number of nitrogens with zero attached hydrogens (tertiary/aromatic N) is 3. The first-order valence-corrected chi connectivity index (χ1v) is 9.81. The second kappa shape index (κ2) is 6.66. The van der Waals surface area contributed by atoms with Gasteiger partial charge in [0.15, 0.2) is 0 Å². The fraction of sp³-hybridized carbons (Fsp3) is 0.217. The Labute approximate surface area is 173 Å². The Morgan fingerprint density at radius 1 is 1.13 bits per heavy atom. The minimum absolute atomic E-state index is 0.103. The molecule has 0 saturated carbocycles. The van der Waals surface area contributed by atoms with Crippen LogP contribution in [0, 0.1) is 0 Å². The Hall–Kier alpha value is -3.74. The maximum atomic E-state index is 13.5. The summed E-state index contributed by atoms with van der Waals surface area (Å²) in [5, 5.41) is 3.00. The van der Waals surface area contributed by atoms with Gasteiger partial charge >= 0.3 is 0 Å². The van der Waals surface area contributed by atoms with Crippen molar-refractivity contribution < 1.29 is 9.59 Å². The van der Waals surface area contributed by atoms with E-state index >= 15 is 0 Å². The number of fused-ring (bicyclic) bond motifs is 2. The van der Waals surface area contributed by atoms with Gasteiger partial charge in [-0.15, -0.1) is 0 Å². The van der Waals surface area contributed by atoms with Crippen LogP contribution in [0.25, 0.3) is 0 Å². The molecule has 1 fully saturated rings. The molecule has 1 spiro atoms. The molecule has 2 aliphatic rings. The Balaban J connectivity index is 1.66. The molecule has 2 unspecified atom stereocenters. The summed E-state index contributed by atoms with van der Waals surface area (Å²) in [6.45, 7) is 0.420. The Morgan fingerprint density at radius 3 is 2.73 bits per heavy atom. The molecular weight excluding hydrogens is 380 g/mol. The summed E-state index contributed by atoms with van der Waals surface area (Å²) in [6.07, 6.45) is 5.44. The Bertz CT molecular complexity index is 1220. The Morgan fingerprint density at radius 2 is 1.97 bits per heavy atom. The van der Waals surface area contributed by atoms with E-state index in [0.29, 0.717) is 18.5 Å². The normalized spacial score (nSPS) is 22.2. The first kappa shape index (κ1) is 18.3. The molecule has 2 aliphatic heterocycles. The van der Waals surface area contributed by atoms with Gasteiger partial charge in [0.1, 0.15) is 5.41 Å². The van der Waals surface area contributed by atoms with Crippen LogP contribution >= 0.6 is 0 Å². The summed E-state index contributed by atoms with van der Waals surface area (Å²) in [5.41, 5.74) is 1.84. The van der Waals surface area contributed by atoms with E-state index in [1.807, 2.05) is 36.4 Å². The standard InChI is InChI=1S/C23H20N4O3/c1-26-14-16(8-9-19(26)28)21(29)27-12-10-23(20(27)15-5-4-11-24-13-15)17-6-2-3-7-18(17)25-22(23)30/h2-9,11,13-14,20H,10,12H2,1H3,(H,25,30). The first-order chi connectivity index (χ1) is 14.5. The van der Waals surface area contributed by atoms with E-state index < -0.39 is 11.5 Å². The zero-order chi connectivity index (χ0) is 20.9. The van der Waals surface area contributed by atoms with Crippen molar-refractivity contribution in [2.45, 2.75) is 17.9 Å². The van der Waals surface area contributed by atoms with Crippen LogP contribution < -0.4 is 10.9 Å². The molecule has 0 bridgehead atoms. The van der Waals surface area contributed by atoms with E-state index in [0.717, 1.165) is 16.8 Å². The summed E-state index contributed by atoms with van der Waals surface area (Å²) in [7, 11) is 1.61. The number of likely N-dealkylation sites (tertiary alicyclic amines) is 1. The number of amides is 2. The molecule has 2 aromatic heterocycles. The van der Waals surface area contributed by atoms with Gasteiger partial charge in [0.05, 0.1) is 11.6 Å². The number of pyridine rings is 2. The number of benzene rings is 1. The van der Waals surface area contributed by atoms with Crippen LogP contribution in [0.15, 0.2) is 71.9 Å². The van der Waals surface area contributed by atoms with Crippen molar-refractivity contribution in [3.8, 4) is 0 Å². The van der Waals surface area contributed by atoms with Gasteiger partial charge in [-0.25, -0.2) is 0 Å². The number of rotatable bonds is 2. The van der Waals surface area contributed by atoms with Crippen molar-refractivity contribution in [1.82, 2.24) is 14.5 Å². The quantitative estimate of drug-likeness (QED) is 0.715. The van der Waals surface area contributed by atoms with Crippen molar-refractivity contribution in [2.75, 3.05) is 11.9 Å². The lowest BCUT2D eigenvalue weighted by atomic mass is 9.73. The monoisotopic (exact) mass is 400 g/mol. The smallest absolute Gasteiger partial charge is 0.255 e. The molecule has 7 heteroatoms. The van der Waals surface area contributed by atoms with Crippen LogP contribution in [0.3, 0.4) is 0 Å². The van der Waals surface area contributed by atoms with Crippen LogP contribution in [-0.4, -0.2) is 32.8 Å². The Kier molecular flexibility index (Phi) is 4.06. The van der Waals surface area contributed by atoms with Gasteiger partial charge in [-0.1, -0.05) is 24.3 Å². The number of aryl methyl sites for hydroxylation is 1. The lowest BCUT2D eigenvalue weighted by molar-refractivity contribution is -0.121. The second-order valence-corrected chi connectivity index (χ2v) is 7.78. The molecule has 1 aromatic carbocycles. The maximum Gasteiger partial charge on any atom is 0.255 e. The summed E-state index contributed by atoms with van der Waals surface area (Å²) >= 11 is 0. The molecule has 0 radical (unpaired) electrons. The topological polar surface area (TPSA) is 84.3 Å². The van der Waals surface area contributed by atoms with Crippen LogP contribution in [-0.2, 0) is 17.3 Å². The van der Waals surface area contributed by atoms with Crippen molar-refractivity contribution in [3.05, 3.63) is 94.2 Å². The average Bonchev–Trinajstić information content (AvgIpc) is 3.30. The zero-order valence-corrected chi connectivity index (χ0v) is 16.4. The molecule has 4 heterocycles. The molecule has 1 N–H and O–H groups in total. The highest BCUT2D eigenvalue weighted by Crippen LogP contribution is 2.54. The predicted octanol–water partition coefficient (Wildman–Crippen LogP) is 2.26. The molecule has 0 aliphatic carbocycles. The molecule has 5 rings (SSSR count). The minimum Gasteiger partial charge on any atom is -0.330 e. The van der Waals surface area contributed by atoms with Gasteiger partial charge in [0.2, 0.25) is 11.5 Å². The third kappa shape index (κ3) is 2.51. The van der Waals surface area contributed by atoms with Gasteiger partial charge in [-0.3, -0.25) is 19.4 Å². The number of hydrogen-bond acceptors (Lipinski definition) is 4. The van der Waals surface area contributed by atoms with E-state index in [2.05, 4.69) is 10.3 Å². The summed E-state index contributed by atoms with van der Waals surface area (Å²) in [5.74, 6) is -0.318. The van der Waals surface area contributed by atoms with Gasteiger partial charge in [-0.2, -0.15) is 0 Å². The van der Waals surface area contributed by atoms with Crippen molar-refractivity contribution in [2.24, 2.45) is 7.05 Å². The van der Waals surface area contributed by atoms with Crippen LogP contribution in [0.4, 0.5) is 5.69 Å². The molecule has 3 aromatic rings. The van der Waals surface area contributed by atoms with E-state index in [4.69, 9.17) is 0 Å². The van der Waals surface area contributed by atoms with Crippen LogP contribution in [0.1, 0.15) is 33.9 Å². The first-order valence-electron chi connectivity index (χ1n) is 9.81. The SMILES string of the molecule is Cn1cc(C(=O)N2CCC3(C(=O)Nc4ccccc43)C2c2cccnc2)ccc1=O. The molecule has 30 heavy (non-hydrogen) atoms. The van der Waals surface area contributed by atoms with E-state index in [1.54, 1.807) is 36.6 Å². The van der Waals surface area contributed by atoms with Crippen LogP contribution in [0.5, 0.6) is 0 Å². The van der Waals surface area contributed by atoms with E-state index in [9.17, 15) is 14.4 Å². The number of aromatic nitrogens is 2. The van der Waals surface area contributed by atoms with E-state index in [1.165, 1.54) is 10.6 Å². The molecule has 7 nitrogen and oxygen atoms in total. The fourth-order valence-corrected chi connectivity index (χ4v) is 4.79. The highest BCUT2D eigenvalue weighted by atomic mass is 16.2. The van der Waals surface area contributed by atoms with Gasteiger partial charge < -0.3 is 14.8 Å². The lowest BCUT2D eigenvalue weighted by Gasteiger charge is -2.34. The summed E-state index contributed by atoms with van der Waals surface area (Å²) in [4.78, 5) is 44.6. The number of para-hydroxylation sites is 1. The number of carbonyl (C=O) groups excluding carboxylic acids is 2. The third-order valence-electron chi connectivity index (χ3n) is 6.18. The number of nitrogens with one attached hydrogen (secondary N) is 1.